The zero-order valence-electron chi connectivity index (χ0n) is 15.4. The number of ether oxygens (including phenoxy) is 1. The van der Waals surface area contributed by atoms with E-state index >= 15 is 0 Å². The maximum atomic E-state index is 9.98. The molecule has 28 heavy (non-hydrogen) atoms. The van der Waals surface area contributed by atoms with Crippen LogP contribution in [0.15, 0.2) is 59.3 Å². The maximum Gasteiger partial charge on any atom is 0.159 e. The molecule has 0 aliphatic rings. The van der Waals surface area contributed by atoms with Crippen LogP contribution in [-0.2, 0) is 0 Å². The van der Waals surface area contributed by atoms with Gasteiger partial charge in [0.15, 0.2) is 5.82 Å². The number of methoxy groups -OCH3 is 1. The standard InChI is InChI=1S/C21H18N4O2S/c1-13-3-5-14(6-4-13)17-11-28-21-19(17)20(22-12-23-21)25-24-10-15-9-16(27-2)7-8-18(15)26/h3-12,26H,1-2H3,(H,22,23,25)/b24-10-. The molecule has 0 aliphatic heterocycles. The van der Waals surface area contributed by atoms with Gasteiger partial charge in [-0.2, -0.15) is 5.10 Å². The van der Waals surface area contributed by atoms with Gasteiger partial charge in [-0.05, 0) is 30.7 Å². The monoisotopic (exact) mass is 390 g/mol. The Kier molecular flexibility index (Phi) is 4.90. The third-order valence-electron chi connectivity index (χ3n) is 4.34. The number of benzene rings is 2. The van der Waals surface area contributed by atoms with E-state index in [2.05, 4.69) is 57.1 Å². The van der Waals surface area contributed by atoms with Crippen molar-refractivity contribution < 1.29 is 9.84 Å². The topological polar surface area (TPSA) is 79.6 Å². The molecular formula is C21H18N4O2S. The molecule has 0 aliphatic carbocycles. The molecule has 2 heterocycles. The predicted octanol–water partition coefficient (Wildman–Crippen LogP) is 4.83. The molecular weight excluding hydrogens is 372 g/mol. The van der Waals surface area contributed by atoms with E-state index in [4.69, 9.17) is 4.74 Å². The van der Waals surface area contributed by atoms with Gasteiger partial charge in [-0.25, -0.2) is 9.97 Å². The Bertz CT molecular complexity index is 1150. The highest BCUT2D eigenvalue weighted by Crippen LogP contribution is 2.36. The summed E-state index contributed by atoms with van der Waals surface area (Å²) in [7, 11) is 1.58. The van der Waals surface area contributed by atoms with Gasteiger partial charge < -0.3 is 9.84 Å². The molecule has 0 amide bonds. The molecule has 0 saturated carbocycles. The van der Waals surface area contributed by atoms with Gasteiger partial charge in [0, 0.05) is 16.5 Å². The van der Waals surface area contributed by atoms with Crippen LogP contribution in [0.2, 0.25) is 0 Å². The number of phenolic OH excluding ortho intramolecular Hbond substituents is 1. The van der Waals surface area contributed by atoms with Gasteiger partial charge in [0.1, 0.15) is 22.7 Å². The van der Waals surface area contributed by atoms with Crippen molar-refractivity contribution in [2.45, 2.75) is 6.92 Å². The van der Waals surface area contributed by atoms with Crippen LogP contribution in [0, 0.1) is 6.92 Å². The van der Waals surface area contributed by atoms with E-state index in [0.29, 0.717) is 17.1 Å². The van der Waals surface area contributed by atoms with Crippen molar-refractivity contribution in [1.82, 2.24) is 9.97 Å². The number of thiophene rings is 1. The summed E-state index contributed by atoms with van der Waals surface area (Å²) in [6.45, 7) is 2.06. The predicted molar refractivity (Wildman–Crippen MR) is 113 cm³/mol. The summed E-state index contributed by atoms with van der Waals surface area (Å²) in [6, 6.07) is 13.3. The lowest BCUT2D eigenvalue weighted by Crippen LogP contribution is -1.96. The van der Waals surface area contributed by atoms with E-state index in [-0.39, 0.29) is 5.75 Å². The zero-order valence-corrected chi connectivity index (χ0v) is 16.2. The highest BCUT2D eigenvalue weighted by Gasteiger charge is 2.12. The molecule has 2 aromatic carbocycles. The average Bonchev–Trinajstić information content (AvgIpc) is 3.15. The lowest BCUT2D eigenvalue weighted by molar-refractivity contribution is 0.412. The molecule has 7 heteroatoms. The van der Waals surface area contributed by atoms with Gasteiger partial charge in [0.2, 0.25) is 0 Å². The summed E-state index contributed by atoms with van der Waals surface area (Å²) in [5, 5.41) is 17.2. The molecule has 0 unspecified atom stereocenters. The molecule has 0 fully saturated rings. The lowest BCUT2D eigenvalue weighted by atomic mass is 10.0. The van der Waals surface area contributed by atoms with Crippen molar-refractivity contribution >= 4 is 33.6 Å². The number of hydrogen-bond acceptors (Lipinski definition) is 7. The van der Waals surface area contributed by atoms with E-state index < -0.39 is 0 Å². The first-order chi connectivity index (χ1) is 13.7. The smallest absolute Gasteiger partial charge is 0.159 e. The summed E-state index contributed by atoms with van der Waals surface area (Å²) in [6.07, 6.45) is 3.04. The fourth-order valence-electron chi connectivity index (χ4n) is 2.83. The Labute approximate surface area is 166 Å². The minimum Gasteiger partial charge on any atom is -0.507 e. The maximum absolute atomic E-state index is 9.98. The number of fused-ring (bicyclic) bond motifs is 1. The quantitative estimate of drug-likeness (QED) is 0.377. The summed E-state index contributed by atoms with van der Waals surface area (Å²) in [5.74, 6) is 1.37. The minimum atomic E-state index is 0.120. The molecule has 4 rings (SSSR count). The molecule has 2 aromatic heterocycles. The molecule has 0 radical (unpaired) electrons. The lowest BCUT2D eigenvalue weighted by Gasteiger charge is -2.06. The zero-order chi connectivity index (χ0) is 19.5. The van der Waals surface area contributed by atoms with Gasteiger partial charge in [0.25, 0.3) is 0 Å². The summed E-state index contributed by atoms with van der Waals surface area (Å²) >= 11 is 1.56. The van der Waals surface area contributed by atoms with E-state index in [1.54, 1.807) is 36.6 Å². The van der Waals surface area contributed by atoms with Crippen LogP contribution in [0.1, 0.15) is 11.1 Å². The number of aromatic nitrogens is 2. The van der Waals surface area contributed by atoms with Gasteiger partial charge in [-0.15, -0.1) is 11.3 Å². The van der Waals surface area contributed by atoms with E-state index in [1.807, 2.05) is 0 Å². The molecule has 140 valence electrons. The average molecular weight is 390 g/mol. The Hall–Kier alpha value is -3.45. The van der Waals surface area contributed by atoms with Crippen LogP contribution in [0.4, 0.5) is 5.82 Å². The van der Waals surface area contributed by atoms with Crippen LogP contribution in [0.5, 0.6) is 11.5 Å². The van der Waals surface area contributed by atoms with Gasteiger partial charge in [-0.3, -0.25) is 5.43 Å². The van der Waals surface area contributed by atoms with E-state index in [9.17, 15) is 5.11 Å². The minimum absolute atomic E-state index is 0.120. The van der Waals surface area contributed by atoms with Gasteiger partial charge in [-0.1, -0.05) is 29.8 Å². The SMILES string of the molecule is COc1ccc(O)c(/C=N\Nc2ncnc3scc(-c4ccc(C)cc4)c23)c1. The molecule has 0 saturated heterocycles. The van der Waals surface area contributed by atoms with Crippen LogP contribution in [0.25, 0.3) is 21.3 Å². The second-order valence-electron chi connectivity index (χ2n) is 6.21. The Morgan fingerprint density at radius 1 is 1.14 bits per heavy atom. The van der Waals surface area contributed by atoms with Crippen LogP contribution < -0.4 is 10.2 Å². The summed E-state index contributed by atoms with van der Waals surface area (Å²) < 4.78 is 5.18. The number of nitrogens with zero attached hydrogens (tertiary/aromatic N) is 3. The number of aromatic hydroxyl groups is 1. The molecule has 0 spiro atoms. The van der Waals surface area contributed by atoms with Crippen molar-refractivity contribution in [2.75, 3.05) is 12.5 Å². The summed E-state index contributed by atoms with van der Waals surface area (Å²) in [5.41, 5.74) is 6.89. The number of nitrogens with one attached hydrogen (secondary N) is 1. The molecule has 4 aromatic rings. The first kappa shape index (κ1) is 17.9. The first-order valence-electron chi connectivity index (χ1n) is 8.61. The Morgan fingerprint density at radius 3 is 2.75 bits per heavy atom. The molecule has 0 atom stereocenters. The van der Waals surface area contributed by atoms with Crippen molar-refractivity contribution in [2.24, 2.45) is 5.10 Å². The summed E-state index contributed by atoms with van der Waals surface area (Å²) in [4.78, 5) is 9.60. The van der Waals surface area contributed by atoms with Gasteiger partial charge in [0.05, 0.1) is 18.7 Å². The van der Waals surface area contributed by atoms with Crippen molar-refractivity contribution in [3.05, 3.63) is 65.3 Å². The number of phenols is 1. The van der Waals surface area contributed by atoms with Crippen LogP contribution >= 0.6 is 11.3 Å². The number of hydrazone groups is 1. The third-order valence-corrected chi connectivity index (χ3v) is 5.23. The van der Waals surface area contributed by atoms with Gasteiger partial charge >= 0.3 is 0 Å². The van der Waals surface area contributed by atoms with E-state index in [1.165, 1.54) is 18.1 Å². The normalized spacial score (nSPS) is 11.2. The Balaban J connectivity index is 1.68. The first-order valence-corrected chi connectivity index (χ1v) is 9.49. The fraction of sp³-hybridized carbons (Fsp3) is 0.0952. The molecule has 2 N–H and O–H groups in total. The Morgan fingerprint density at radius 2 is 1.96 bits per heavy atom. The van der Waals surface area contributed by atoms with Crippen molar-refractivity contribution in [3.8, 4) is 22.6 Å². The second kappa shape index (κ2) is 7.66. The number of hydrogen-bond donors (Lipinski definition) is 2. The number of anilines is 1. The molecule has 0 bridgehead atoms. The number of aryl methyl sites for hydroxylation is 1. The van der Waals surface area contributed by atoms with Crippen LogP contribution in [0.3, 0.4) is 0 Å². The third kappa shape index (κ3) is 3.52. The number of rotatable bonds is 5. The van der Waals surface area contributed by atoms with E-state index in [0.717, 1.165) is 21.3 Å². The molecule has 6 nitrogen and oxygen atoms in total. The highest BCUT2D eigenvalue weighted by atomic mass is 32.1. The highest BCUT2D eigenvalue weighted by molar-refractivity contribution is 7.17. The second-order valence-corrected chi connectivity index (χ2v) is 7.07. The van der Waals surface area contributed by atoms with Crippen molar-refractivity contribution in [1.29, 1.82) is 0 Å². The van der Waals surface area contributed by atoms with Crippen molar-refractivity contribution in [3.63, 3.8) is 0 Å². The fourth-order valence-corrected chi connectivity index (χ4v) is 3.75. The largest absolute Gasteiger partial charge is 0.507 e. The van der Waals surface area contributed by atoms with Crippen LogP contribution in [-0.4, -0.2) is 28.4 Å².